The zero-order valence-electron chi connectivity index (χ0n) is 10.1. The van der Waals surface area contributed by atoms with E-state index in [2.05, 4.69) is 15.5 Å². The molecule has 1 atom stereocenters. The molecule has 2 aromatic rings. The van der Waals surface area contributed by atoms with Crippen LogP contribution in [-0.2, 0) is 6.42 Å². The van der Waals surface area contributed by atoms with Crippen LogP contribution in [0.25, 0.3) is 0 Å². The fourth-order valence-corrected chi connectivity index (χ4v) is 2.40. The highest BCUT2D eigenvalue weighted by molar-refractivity contribution is 7.11. The lowest BCUT2D eigenvalue weighted by Crippen LogP contribution is -2.11. The lowest BCUT2D eigenvalue weighted by atomic mass is 10.1. The van der Waals surface area contributed by atoms with Gasteiger partial charge in [0.05, 0.1) is 6.04 Å². The summed E-state index contributed by atoms with van der Waals surface area (Å²) in [5.74, 6) is -1.10. The van der Waals surface area contributed by atoms with E-state index in [1.54, 1.807) is 0 Å². The average Bonchev–Trinajstić information content (AvgIpc) is 2.81. The van der Waals surface area contributed by atoms with Gasteiger partial charge < -0.3 is 5.32 Å². The van der Waals surface area contributed by atoms with Crippen molar-refractivity contribution >= 4 is 11.3 Å². The molecule has 3 nitrogen and oxygen atoms in total. The molecular weight excluding hydrogens is 256 g/mol. The number of rotatable bonds is 4. The quantitative estimate of drug-likeness (QED) is 0.927. The number of aromatic nitrogens is 2. The summed E-state index contributed by atoms with van der Waals surface area (Å²) in [4.78, 5) is 0. The second-order valence-electron chi connectivity index (χ2n) is 3.92. The van der Waals surface area contributed by atoms with Crippen LogP contribution in [0.15, 0.2) is 18.2 Å². The van der Waals surface area contributed by atoms with Gasteiger partial charge in [-0.1, -0.05) is 17.4 Å². The summed E-state index contributed by atoms with van der Waals surface area (Å²) >= 11 is 1.36. The predicted octanol–water partition coefficient (Wildman–Crippen LogP) is 2.69. The van der Waals surface area contributed by atoms with Gasteiger partial charge in [0.2, 0.25) is 0 Å². The number of halogens is 2. The molecule has 0 bridgehead atoms. The van der Waals surface area contributed by atoms with Crippen LogP contribution in [0.4, 0.5) is 8.78 Å². The Morgan fingerprint density at radius 3 is 2.56 bits per heavy atom. The van der Waals surface area contributed by atoms with E-state index in [-0.39, 0.29) is 18.0 Å². The molecule has 6 heteroatoms. The van der Waals surface area contributed by atoms with Gasteiger partial charge in [0, 0.05) is 12.0 Å². The predicted molar refractivity (Wildman–Crippen MR) is 66.5 cm³/mol. The van der Waals surface area contributed by atoms with Gasteiger partial charge in [0.15, 0.2) is 0 Å². The van der Waals surface area contributed by atoms with Crippen molar-refractivity contribution in [3.05, 3.63) is 45.4 Å². The molecule has 0 saturated carbocycles. The third-order valence-corrected chi connectivity index (χ3v) is 3.78. The second-order valence-corrected chi connectivity index (χ2v) is 5.02. The molecular formula is C12H13F2N3S. The molecule has 0 fully saturated rings. The van der Waals surface area contributed by atoms with Crippen LogP contribution >= 0.6 is 11.3 Å². The van der Waals surface area contributed by atoms with Crippen molar-refractivity contribution < 1.29 is 8.78 Å². The van der Waals surface area contributed by atoms with Gasteiger partial charge in [-0.05, 0) is 26.1 Å². The van der Waals surface area contributed by atoms with Crippen LogP contribution < -0.4 is 5.32 Å². The molecule has 0 spiro atoms. The first-order chi connectivity index (χ1) is 8.61. The van der Waals surface area contributed by atoms with E-state index in [4.69, 9.17) is 0 Å². The smallest absolute Gasteiger partial charge is 0.134 e. The number of nitrogens with one attached hydrogen (secondary N) is 1. The Balaban J connectivity index is 2.21. The summed E-state index contributed by atoms with van der Waals surface area (Å²) in [6.45, 7) is 1.95. The standard InChI is InChI=1S/C12H13F2N3S/c1-7(15-2)12-17-16-11(18-12)6-8-9(13)4-3-5-10(8)14/h3-5,7,15H,6H2,1-2H3. The molecule has 1 aromatic heterocycles. The van der Waals surface area contributed by atoms with Crippen molar-refractivity contribution in [3.63, 3.8) is 0 Å². The summed E-state index contributed by atoms with van der Waals surface area (Å²) in [6, 6.07) is 3.93. The van der Waals surface area contributed by atoms with E-state index >= 15 is 0 Å². The first-order valence-corrected chi connectivity index (χ1v) is 6.36. The first kappa shape index (κ1) is 13.0. The highest BCUT2D eigenvalue weighted by Gasteiger charge is 2.14. The van der Waals surface area contributed by atoms with E-state index in [9.17, 15) is 8.78 Å². The summed E-state index contributed by atoms with van der Waals surface area (Å²) in [5.41, 5.74) is 0.0392. The van der Waals surface area contributed by atoms with Crippen molar-refractivity contribution in [2.24, 2.45) is 0 Å². The fraction of sp³-hybridized carbons (Fsp3) is 0.333. The Bertz CT molecular complexity index is 522. The molecule has 0 amide bonds. The summed E-state index contributed by atoms with van der Waals surface area (Å²) in [7, 11) is 1.82. The minimum absolute atomic E-state index is 0.0392. The van der Waals surface area contributed by atoms with Crippen LogP contribution in [-0.4, -0.2) is 17.2 Å². The van der Waals surface area contributed by atoms with Crippen molar-refractivity contribution in [1.82, 2.24) is 15.5 Å². The van der Waals surface area contributed by atoms with Crippen LogP contribution in [0.1, 0.15) is 28.5 Å². The number of nitrogens with zero attached hydrogens (tertiary/aromatic N) is 2. The molecule has 0 aliphatic heterocycles. The molecule has 0 aliphatic rings. The van der Waals surface area contributed by atoms with Gasteiger partial charge in [-0.25, -0.2) is 8.78 Å². The maximum atomic E-state index is 13.5. The lowest BCUT2D eigenvalue weighted by Gasteiger charge is -2.03. The Morgan fingerprint density at radius 2 is 1.94 bits per heavy atom. The van der Waals surface area contributed by atoms with E-state index in [1.165, 1.54) is 29.5 Å². The lowest BCUT2D eigenvalue weighted by molar-refractivity contribution is 0.561. The van der Waals surface area contributed by atoms with Crippen molar-refractivity contribution in [2.75, 3.05) is 7.05 Å². The third kappa shape index (κ3) is 2.70. The van der Waals surface area contributed by atoms with Crippen LogP contribution in [0.3, 0.4) is 0 Å². The summed E-state index contributed by atoms with van der Waals surface area (Å²) in [5, 5.41) is 12.4. The molecule has 1 N–H and O–H groups in total. The van der Waals surface area contributed by atoms with Crippen LogP contribution in [0, 0.1) is 11.6 Å². The molecule has 96 valence electrons. The van der Waals surface area contributed by atoms with Crippen molar-refractivity contribution in [2.45, 2.75) is 19.4 Å². The minimum Gasteiger partial charge on any atom is -0.311 e. The van der Waals surface area contributed by atoms with E-state index in [1.807, 2.05) is 14.0 Å². The molecule has 0 radical (unpaired) electrons. The van der Waals surface area contributed by atoms with Crippen molar-refractivity contribution in [1.29, 1.82) is 0 Å². The Morgan fingerprint density at radius 1 is 1.28 bits per heavy atom. The zero-order valence-corrected chi connectivity index (χ0v) is 10.9. The zero-order chi connectivity index (χ0) is 13.1. The molecule has 0 saturated heterocycles. The van der Waals surface area contributed by atoms with E-state index in [0.29, 0.717) is 5.01 Å². The first-order valence-electron chi connectivity index (χ1n) is 5.54. The maximum Gasteiger partial charge on any atom is 0.134 e. The van der Waals surface area contributed by atoms with Crippen LogP contribution in [0.2, 0.25) is 0 Å². The van der Waals surface area contributed by atoms with Gasteiger partial charge in [-0.2, -0.15) is 0 Å². The van der Waals surface area contributed by atoms with Crippen molar-refractivity contribution in [3.8, 4) is 0 Å². The highest BCUT2D eigenvalue weighted by atomic mass is 32.1. The van der Waals surface area contributed by atoms with Gasteiger partial charge in [0.25, 0.3) is 0 Å². The molecule has 0 aliphatic carbocycles. The topological polar surface area (TPSA) is 37.8 Å². The van der Waals surface area contributed by atoms with Gasteiger partial charge >= 0.3 is 0 Å². The number of benzene rings is 1. The average molecular weight is 269 g/mol. The maximum absolute atomic E-state index is 13.5. The molecule has 18 heavy (non-hydrogen) atoms. The SMILES string of the molecule is CNC(C)c1nnc(Cc2c(F)cccc2F)s1. The monoisotopic (exact) mass is 269 g/mol. The largest absolute Gasteiger partial charge is 0.311 e. The van der Waals surface area contributed by atoms with Gasteiger partial charge in [-0.15, -0.1) is 10.2 Å². The Kier molecular flexibility index (Phi) is 3.98. The highest BCUT2D eigenvalue weighted by Crippen LogP contribution is 2.22. The summed E-state index contributed by atoms with van der Waals surface area (Å²) < 4.78 is 26.9. The number of hydrogen-bond donors (Lipinski definition) is 1. The molecule has 1 unspecified atom stereocenters. The minimum atomic E-state index is -0.548. The van der Waals surface area contributed by atoms with Crippen LogP contribution in [0.5, 0.6) is 0 Å². The van der Waals surface area contributed by atoms with E-state index < -0.39 is 11.6 Å². The normalized spacial score (nSPS) is 12.7. The molecule has 1 heterocycles. The second kappa shape index (κ2) is 5.49. The summed E-state index contributed by atoms with van der Waals surface area (Å²) in [6.07, 6.45) is 0.132. The molecule has 1 aromatic carbocycles. The number of hydrogen-bond acceptors (Lipinski definition) is 4. The fourth-order valence-electron chi connectivity index (χ4n) is 1.49. The van der Waals surface area contributed by atoms with Gasteiger partial charge in [0.1, 0.15) is 21.6 Å². The third-order valence-electron chi connectivity index (χ3n) is 2.68. The Hall–Kier alpha value is -1.40. The Labute approximate surface area is 108 Å². The van der Waals surface area contributed by atoms with Gasteiger partial charge in [-0.3, -0.25) is 0 Å². The van der Waals surface area contributed by atoms with E-state index in [0.717, 1.165) is 5.01 Å². The molecule has 2 rings (SSSR count).